The molecule has 6 nitrogen and oxygen atoms in total. The predicted octanol–water partition coefficient (Wildman–Crippen LogP) is 3.25. The van der Waals surface area contributed by atoms with Crippen LogP contribution in [0.3, 0.4) is 0 Å². The van der Waals surface area contributed by atoms with Crippen LogP contribution in [0.2, 0.25) is 0 Å². The standard InChI is InChI=1S/C19H19N3O3/c1-23-17-4-2-3-15(13-17)19-20-18(21-25-19)14-5-7-16(8-6-14)22-9-11-24-12-10-22/h2-8,13H,9-12H2,1H3. The normalized spacial score (nSPS) is 14.5. The number of rotatable bonds is 4. The molecule has 0 N–H and O–H groups in total. The molecule has 0 radical (unpaired) electrons. The van der Waals surface area contributed by atoms with E-state index >= 15 is 0 Å². The minimum absolute atomic E-state index is 0.478. The Bertz CT molecular complexity index is 839. The van der Waals surface area contributed by atoms with E-state index in [2.05, 4.69) is 27.2 Å². The number of morpholine rings is 1. The van der Waals surface area contributed by atoms with Gasteiger partial charge in [0.1, 0.15) is 5.75 Å². The molecule has 0 saturated carbocycles. The summed E-state index contributed by atoms with van der Waals surface area (Å²) in [5.41, 5.74) is 2.95. The molecular formula is C19H19N3O3. The Morgan fingerprint density at radius 2 is 1.80 bits per heavy atom. The highest BCUT2D eigenvalue weighted by Crippen LogP contribution is 2.26. The second-order valence-corrected chi connectivity index (χ2v) is 5.80. The molecule has 1 aliphatic heterocycles. The van der Waals surface area contributed by atoms with Gasteiger partial charge in [0.2, 0.25) is 5.82 Å². The fraction of sp³-hybridized carbons (Fsp3) is 0.263. The molecule has 1 saturated heterocycles. The van der Waals surface area contributed by atoms with Crippen molar-refractivity contribution in [3.05, 3.63) is 48.5 Å². The van der Waals surface area contributed by atoms with Crippen molar-refractivity contribution in [3.63, 3.8) is 0 Å². The number of hydrogen-bond donors (Lipinski definition) is 0. The number of nitrogens with zero attached hydrogens (tertiary/aromatic N) is 3. The van der Waals surface area contributed by atoms with Crippen LogP contribution in [-0.2, 0) is 4.74 Å². The number of hydrogen-bond acceptors (Lipinski definition) is 6. The van der Waals surface area contributed by atoms with E-state index in [0.717, 1.165) is 43.2 Å². The summed E-state index contributed by atoms with van der Waals surface area (Å²) in [4.78, 5) is 6.81. The zero-order chi connectivity index (χ0) is 17.1. The van der Waals surface area contributed by atoms with Gasteiger partial charge in [0.15, 0.2) is 0 Å². The van der Waals surface area contributed by atoms with Gasteiger partial charge in [0, 0.05) is 29.9 Å². The molecule has 1 aromatic heterocycles. The number of aromatic nitrogens is 2. The summed E-state index contributed by atoms with van der Waals surface area (Å²) in [6.07, 6.45) is 0. The number of anilines is 1. The number of methoxy groups -OCH3 is 1. The van der Waals surface area contributed by atoms with Gasteiger partial charge in [0.05, 0.1) is 20.3 Å². The largest absolute Gasteiger partial charge is 0.497 e. The fourth-order valence-electron chi connectivity index (χ4n) is 2.86. The molecule has 0 aliphatic carbocycles. The van der Waals surface area contributed by atoms with Gasteiger partial charge in [-0.2, -0.15) is 4.98 Å². The average Bonchev–Trinajstić information content (AvgIpc) is 3.19. The van der Waals surface area contributed by atoms with Gasteiger partial charge in [-0.15, -0.1) is 0 Å². The summed E-state index contributed by atoms with van der Waals surface area (Å²) in [5, 5.41) is 4.10. The maximum Gasteiger partial charge on any atom is 0.258 e. The van der Waals surface area contributed by atoms with Crippen molar-refractivity contribution in [2.24, 2.45) is 0 Å². The second kappa shape index (κ2) is 6.94. The molecule has 6 heteroatoms. The smallest absolute Gasteiger partial charge is 0.258 e. The molecule has 0 atom stereocenters. The lowest BCUT2D eigenvalue weighted by Crippen LogP contribution is -2.36. The van der Waals surface area contributed by atoms with Gasteiger partial charge in [-0.05, 0) is 42.5 Å². The highest BCUT2D eigenvalue weighted by Gasteiger charge is 2.14. The summed E-state index contributed by atoms with van der Waals surface area (Å²) in [5.74, 6) is 1.81. The van der Waals surface area contributed by atoms with E-state index in [9.17, 15) is 0 Å². The molecule has 4 rings (SSSR count). The van der Waals surface area contributed by atoms with Crippen LogP contribution < -0.4 is 9.64 Å². The topological polar surface area (TPSA) is 60.6 Å². The van der Waals surface area contributed by atoms with Crippen molar-refractivity contribution < 1.29 is 14.0 Å². The van der Waals surface area contributed by atoms with Crippen molar-refractivity contribution in [2.45, 2.75) is 0 Å². The molecule has 0 spiro atoms. The van der Waals surface area contributed by atoms with Gasteiger partial charge >= 0.3 is 0 Å². The monoisotopic (exact) mass is 337 g/mol. The van der Waals surface area contributed by atoms with E-state index in [0.29, 0.717) is 11.7 Å². The highest BCUT2D eigenvalue weighted by atomic mass is 16.5. The lowest BCUT2D eigenvalue weighted by Gasteiger charge is -2.28. The maximum atomic E-state index is 5.41. The van der Waals surface area contributed by atoms with Crippen LogP contribution in [0.25, 0.3) is 22.8 Å². The van der Waals surface area contributed by atoms with E-state index in [4.69, 9.17) is 14.0 Å². The van der Waals surface area contributed by atoms with E-state index in [1.54, 1.807) is 7.11 Å². The van der Waals surface area contributed by atoms with Crippen molar-refractivity contribution in [2.75, 3.05) is 38.3 Å². The number of benzene rings is 2. The molecule has 2 heterocycles. The molecule has 3 aromatic rings. The van der Waals surface area contributed by atoms with Crippen LogP contribution >= 0.6 is 0 Å². The van der Waals surface area contributed by atoms with Gasteiger partial charge < -0.3 is 18.9 Å². The van der Waals surface area contributed by atoms with Gasteiger partial charge in [-0.3, -0.25) is 0 Å². The maximum absolute atomic E-state index is 5.41. The summed E-state index contributed by atoms with van der Waals surface area (Å²) in [7, 11) is 1.63. The SMILES string of the molecule is COc1cccc(-c2nc(-c3ccc(N4CCOCC4)cc3)no2)c1. The van der Waals surface area contributed by atoms with Crippen molar-refractivity contribution in [3.8, 4) is 28.6 Å². The Balaban J connectivity index is 1.55. The van der Waals surface area contributed by atoms with E-state index in [1.165, 1.54) is 5.69 Å². The molecule has 0 amide bonds. The van der Waals surface area contributed by atoms with Crippen LogP contribution in [0.15, 0.2) is 53.1 Å². The summed E-state index contributed by atoms with van der Waals surface area (Å²) >= 11 is 0. The lowest BCUT2D eigenvalue weighted by molar-refractivity contribution is 0.122. The summed E-state index contributed by atoms with van der Waals surface area (Å²) in [6.45, 7) is 3.38. The zero-order valence-electron chi connectivity index (χ0n) is 14.0. The molecule has 1 aliphatic rings. The molecule has 2 aromatic carbocycles. The Kier molecular flexibility index (Phi) is 4.35. The first-order chi connectivity index (χ1) is 12.3. The Labute approximate surface area is 146 Å². The van der Waals surface area contributed by atoms with Crippen LogP contribution in [0.5, 0.6) is 5.75 Å². The van der Waals surface area contributed by atoms with Crippen molar-refractivity contribution in [1.82, 2.24) is 10.1 Å². The molecule has 25 heavy (non-hydrogen) atoms. The first kappa shape index (κ1) is 15.7. The van der Waals surface area contributed by atoms with Crippen LogP contribution in [0, 0.1) is 0 Å². The third kappa shape index (κ3) is 3.34. The van der Waals surface area contributed by atoms with E-state index in [-0.39, 0.29) is 0 Å². The fourth-order valence-corrected chi connectivity index (χ4v) is 2.86. The van der Waals surface area contributed by atoms with Gasteiger partial charge in [-0.25, -0.2) is 0 Å². The quantitative estimate of drug-likeness (QED) is 0.728. The Morgan fingerprint density at radius 1 is 1.00 bits per heavy atom. The predicted molar refractivity (Wildman–Crippen MR) is 94.8 cm³/mol. The second-order valence-electron chi connectivity index (χ2n) is 5.80. The van der Waals surface area contributed by atoms with Crippen LogP contribution in [0.1, 0.15) is 0 Å². The molecule has 128 valence electrons. The number of ether oxygens (including phenoxy) is 2. The van der Waals surface area contributed by atoms with Crippen LogP contribution in [-0.4, -0.2) is 43.6 Å². The first-order valence-electron chi connectivity index (χ1n) is 8.25. The lowest BCUT2D eigenvalue weighted by atomic mass is 10.1. The van der Waals surface area contributed by atoms with Crippen molar-refractivity contribution >= 4 is 5.69 Å². The van der Waals surface area contributed by atoms with Crippen LogP contribution in [0.4, 0.5) is 5.69 Å². The summed E-state index contributed by atoms with van der Waals surface area (Å²) in [6, 6.07) is 15.8. The first-order valence-corrected chi connectivity index (χ1v) is 8.25. The molecule has 1 fully saturated rings. The molecule has 0 bridgehead atoms. The Morgan fingerprint density at radius 3 is 2.56 bits per heavy atom. The summed E-state index contributed by atoms with van der Waals surface area (Å²) < 4.78 is 16.0. The van der Waals surface area contributed by atoms with Gasteiger partial charge in [0.25, 0.3) is 5.89 Å². The highest BCUT2D eigenvalue weighted by molar-refractivity contribution is 5.63. The van der Waals surface area contributed by atoms with Gasteiger partial charge in [-0.1, -0.05) is 11.2 Å². The Hall–Kier alpha value is -2.86. The molecular weight excluding hydrogens is 318 g/mol. The third-order valence-corrected chi connectivity index (χ3v) is 4.24. The van der Waals surface area contributed by atoms with Crippen molar-refractivity contribution in [1.29, 1.82) is 0 Å². The van der Waals surface area contributed by atoms with E-state index < -0.39 is 0 Å². The zero-order valence-corrected chi connectivity index (χ0v) is 14.0. The molecule has 0 unspecified atom stereocenters. The van der Waals surface area contributed by atoms with E-state index in [1.807, 2.05) is 36.4 Å². The third-order valence-electron chi connectivity index (χ3n) is 4.24. The average molecular weight is 337 g/mol. The minimum atomic E-state index is 0.478. The minimum Gasteiger partial charge on any atom is -0.497 e.